The highest BCUT2D eigenvalue weighted by Gasteiger charge is 2.12. The summed E-state index contributed by atoms with van der Waals surface area (Å²) in [6.45, 7) is 1.90. The Morgan fingerprint density at radius 2 is 0.881 bits per heavy atom. The molecule has 0 spiro atoms. The summed E-state index contributed by atoms with van der Waals surface area (Å²) in [6.07, 6.45) is 8.86. The van der Waals surface area contributed by atoms with E-state index in [0.29, 0.717) is 11.1 Å². The Bertz CT molecular complexity index is 2280. The zero-order valence-corrected chi connectivity index (χ0v) is 35.6. The van der Waals surface area contributed by atoms with Gasteiger partial charge in [-0.1, -0.05) is 70.9 Å². The Morgan fingerprint density at radius 1 is 0.542 bits per heavy atom. The molecular formula is C41H50N10O6S2. The maximum atomic E-state index is 10.2. The van der Waals surface area contributed by atoms with E-state index in [1.807, 2.05) is 95.5 Å². The fourth-order valence-corrected chi connectivity index (χ4v) is 6.76. The van der Waals surface area contributed by atoms with Gasteiger partial charge in [0.05, 0.1) is 84.7 Å². The number of aryl methyl sites for hydroxylation is 4. The van der Waals surface area contributed by atoms with Crippen molar-refractivity contribution in [3.63, 3.8) is 0 Å². The Labute approximate surface area is 346 Å². The van der Waals surface area contributed by atoms with E-state index >= 15 is 0 Å². The summed E-state index contributed by atoms with van der Waals surface area (Å²) in [7, 11) is 3.81. The minimum atomic E-state index is -4.13. The molecule has 0 aliphatic rings. The van der Waals surface area contributed by atoms with Crippen LogP contribution < -0.4 is 18.9 Å². The Balaban J connectivity index is 0.000000282. The molecule has 0 fully saturated rings. The fraction of sp³-hybridized carbons (Fsp3) is 0.268. The van der Waals surface area contributed by atoms with Crippen molar-refractivity contribution in [3.05, 3.63) is 145 Å². The van der Waals surface area contributed by atoms with Crippen molar-refractivity contribution in [1.29, 1.82) is 0 Å². The number of rotatable bonds is 14. The number of hydrogen-bond acceptors (Lipinski definition) is 12. The molecule has 6 rings (SSSR count). The highest BCUT2D eigenvalue weighted by atomic mass is 32.2. The second-order valence-electron chi connectivity index (χ2n) is 13.6. The summed E-state index contributed by atoms with van der Waals surface area (Å²) in [5, 5.41) is 17.5. The summed E-state index contributed by atoms with van der Waals surface area (Å²) in [5.41, 5.74) is 5.04. The van der Waals surface area contributed by atoms with Crippen LogP contribution >= 0.6 is 0 Å². The lowest BCUT2D eigenvalue weighted by Crippen LogP contribution is -2.25. The maximum Gasteiger partial charge on any atom is 0.421 e. The van der Waals surface area contributed by atoms with E-state index in [2.05, 4.69) is 68.6 Å². The SMILES string of the molecule is CN(CCCN(C)c1ccc(N=Nc2n(C)cc[n+]2C)cc1)c1ccc(N=Nc2n(C)cc[n+]2C)cc1.O=S(=O)([O-])Cc1ccccc1.O=S(=O)([O-])Cc1ccccc1. The van der Waals surface area contributed by atoms with E-state index in [9.17, 15) is 25.9 Å². The van der Waals surface area contributed by atoms with Gasteiger partial charge >= 0.3 is 11.9 Å². The molecule has 0 atom stereocenters. The van der Waals surface area contributed by atoms with Crippen molar-refractivity contribution in [2.75, 3.05) is 37.0 Å². The summed E-state index contributed by atoms with van der Waals surface area (Å²) < 4.78 is 69.2. The zero-order valence-electron chi connectivity index (χ0n) is 34.0. The van der Waals surface area contributed by atoms with Gasteiger partial charge in [0.15, 0.2) is 0 Å². The van der Waals surface area contributed by atoms with Crippen molar-refractivity contribution >= 4 is 54.9 Å². The van der Waals surface area contributed by atoms with E-state index in [0.717, 1.165) is 54.2 Å². The summed E-state index contributed by atoms with van der Waals surface area (Å²) in [5.74, 6) is 0.748. The number of anilines is 2. The molecule has 0 aliphatic heterocycles. The van der Waals surface area contributed by atoms with Crippen LogP contribution in [-0.2, 0) is 59.9 Å². The molecule has 0 unspecified atom stereocenters. The lowest BCUT2D eigenvalue weighted by atomic mass is 10.2. The predicted octanol–water partition coefficient (Wildman–Crippen LogP) is 6.27. The summed E-state index contributed by atoms with van der Waals surface area (Å²) in [6, 6.07) is 33.1. The van der Waals surface area contributed by atoms with Crippen molar-refractivity contribution in [2.45, 2.75) is 17.9 Å². The van der Waals surface area contributed by atoms with Crippen molar-refractivity contribution in [3.8, 4) is 0 Å². The van der Waals surface area contributed by atoms with Crippen LogP contribution in [0.5, 0.6) is 0 Å². The third-order valence-electron chi connectivity index (χ3n) is 8.74. The molecule has 0 saturated carbocycles. The van der Waals surface area contributed by atoms with Gasteiger partial charge in [-0.2, -0.15) is 0 Å². The van der Waals surface area contributed by atoms with Crippen LogP contribution in [0.1, 0.15) is 17.5 Å². The number of azo groups is 2. The zero-order chi connectivity index (χ0) is 43.0. The van der Waals surface area contributed by atoms with Crippen LogP contribution in [-0.4, -0.2) is 62.3 Å². The van der Waals surface area contributed by atoms with Crippen LogP contribution in [0, 0.1) is 0 Å². The van der Waals surface area contributed by atoms with Gasteiger partial charge < -0.3 is 18.9 Å². The van der Waals surface area contributed by atoms with Crippen molar-refractivity contribution in [2.24, 2.45) is 48.6 Å². The molecular weight excluding hydrogens is 793 g/mol. The topological polar surface area (TPSA) is 188 Å². The third-order valence-corrected chi connectivity index (χ3v) is 10.1. The lowest BCUT2D eigenvalue weighted by molar-refractivity contribution is -0.657. The molecule has 0 radical (unpaired) electrons. The van der Waals surface area contributed by atoms with Gasteiger partial charge in [0.1, 0.15) is 11.4 Å². The normalized spacial score (nSPS) is 11.5. The first-order valence-corrected chi connectivity index (χ1v) is 21.6. The molecule has 59 heavy (non-hydrogen) atoms. The molecule has 2 aromatic heterocycles. The van der Waals surface area contributed by atoms with Gasteiger partial charge in [-0.15, -0.1) is 0 Å². The highest BCUT2D eigenvalue weighted by Crippen LogP contribution is 2.23. The lowest BCUT2D eigenvalue weighted by Gasteiger charge is -2.23. The van der Waals surface area contributed by atoms with Crippen LogP contribution in [0.25, 0.3) is 0 Å². The van der Waals surface area contributed by atoms with Crippen LogP contribution in [0.2, 0.25) is 0 Å². The molecule has 0 N–H and O–H groups in total. The standard InChI is InChI=1S/C27H36N10.2C7H8O3S/c1-32(24-12-8-22(9-13-24)28-30-26-34(3)18-19-35(26)4)16-7-17-33(2)25-14-10-23(11-15-25)29-31-27-36(5)20-21-37(27)6;2*8-11(9,10)6-7-4-2-1-3-5-7/h8-15,18-21H,7,16-17H2,1-6H3;2*1-5H,6H2,(H,8,9,10)/q+2;;/p-2. The van der Waals surface area contributed by atoms with E-state index in [-0.39, 0.29) is 0 Å². The molecule has 16 nitrogen and oxygen atoms in total. The maximum absolute atomic E-state index is 10.2. The average molecular weight is 843 g/mol. The van der Waals surface area contributed by atoms with Crippen molar-refractivity contribution < 1.29 is 35.1 Å². The first-order chi connectivity index (χ1) is 28.0. The number of nitrogens with zero attached hydrogens (tertiary/aromatic N) is 10. The monoisotopic (exact) mass is 842 g/mol. The molecule has 6 aromatic rings. The predicted molar refractivity (Wildman–Crippen MR) is 225 cm³/mol. The fourth-order valence-electron chi connectivity index (χ4n) is 5.56. The minimum absolute atomic E-state index is 0.423. The quantitative estimate of drug-likeness (QED) is 0.0697. The van der Waals surface area contributed by atoms with E-state index in [1.54, 1.807) is 60.7 Å². The van der Waals surface area contributed by atoms with Crippen LogP contribution in [0.3, 0.4) is 0 Å². The van der Waals surface area contributed by atoms with Gasteiger partial charge in [0.25, 0.3) is 0 Å². The molecule has 312 valence electrons. The minimum Gasteiger partial charge on any atom is -0.748 e. The van der Waals surface area contributed by atoms with Gasteiger partial charge in [-0.3, -0.25) is 0 Å². The van der Waals surface area contributed by atoms with E-state index < -0.39 is 31.7 Å². The van der Waals surface area contributed by atoms with Gasteiger partial charge in [-0.25, -0.2) is 35.1 Å². The Kier molecular flexibility index (Phi) is 16.7. The number of benzene rings is 4. The Hall–Kier alpha value is -6.08. The van der Waals surface area contributed by atoms with Crippen LogP contribution in [0.15, 0.2) is 154 Å². The molecule has 0 amide bonds. The first kappa shape index (κ1) is 45.6. The third kappa shape index (κ3) is 16.0. The number of hydrogen-bond donors (Lipinski definition) is 0. The summed E-state index contributed by atoms with van der Waals surface area (Å²) >= 11 is 0. The number of aromatic nitrogens is 4. The molecule has 0 saturated heterocycles. The second-order valence-corrected chi connectivity index (χ2v) is 16.5. The Morgan fingerprint density at radius 3 is 1.17 bits per heavy atom. The van der Waals surface area contributed by atoms with Crippen molar-refractivity contribution in [1.82, 2.24) is 9.13 Å². The van der Waals surface area contributed by atoms with Gasteiger partial charge in [0, 0.05) is 48.8 Å². The summed E-state index contributed by atoms with van der Waals surface area (Å²) in [4.78, 5) is 4.53. The second kappa shape index (κ2) is 21.6. The molecule has 0 aliphatic carbocycles. The first-order valence-electron chi connectivity index (χ1n) is 18.4. The molecule has 18 heteroatoms. The number of imidazole rings is 2. The van der Waals surface area contributed by atoms with Crippen LogP contribution in [0.4, 0.5) is 34.6 Å². The molecule has 0 bridgehead atoms. The van der Waals surface area contributed by atoms with Gasteiger partial charge in [-0.05, 0) is 66.1 Å². The molecule has 2 heterocycles. The molecule has 4 aromatic carbocycles. The highest BCUT2D eigenvalue weighted by molar-refractivity contribution is 7.85. The van der Waals surface area contributed by atoms with E-state index in [1.165, 1.54) is 0 Å². The largest absolute Gasteiger partial charge is 0.748 e. The smallest absolute Gasteiger partial charge is 0.421 e. The van der Waals surface area contributed by atoms with Gasteiger partial charge in [0.2, 0.25) is 0 Å². The average Bonchev–Trinajstić information content (AvgIpc) is 3.70. The van der Waals surface area contributed by atoms with E-state index in [4.69, 9.17) is 0 Å².